The molecular formula is C11H13NO6. The Morgan fingerprint density at radius 2 is 1.56 bits per heavy atom. The van der Waals surface area contributed by atoms with Crippen molar-refractivity contribution in [2.75, 3.05) is 14.2 Å². The molecule has 1 rings (SSSR count). The van der Waals surface area contributed by atoms with E-state index in [0.717, 1.165) is 0 Å². The molecule has 0 aromatic rings. The lowest BCUT2D eigenvalue weighted by Gasteiger charge is -2.02. The summed E-state index contributed by atoms with van der Waals surface area (Å²) >= 11 is 0. The molecule has 0 aromatic carbocycles. The lowest BCUT2D eigenvalue weighted by Crippen LogP contribution is -2.23. The highest BCUT2D eigenvalue weighted by atomic mass is 16.5. The normalized spacial score (nSPS) is 14.6. The smallest absolute Gasteiger partial charge is 0.310 e. The molecule has 2 amide bonds. The zero-order valence-electron chi connectivity index (χ0n) is 10.1. The SMILES string of the molecule is COC(=O)CCC1=C(CC(=O)OC)C(=O)NC1=O. The largest absolute Gasteiger partial charge is 0.469 e. The van der Waals surface area contributed by atoms with Gasteiger partial charge in [0.15, 0.2) is 0 Å². The molecule has 0 bridgehead atoms. The molecule has 7 nitrogen and oxygen atoms in total. The van der Waals surface area contributed by atoms with Crippen LogP contribution < -0.4 is 5.32 Å². The van der Waals surface area contributed by atoms with E-state index in [9.17, 15) is 19.2 Å². The van der Waals surface area contributed by atoms with Crippen LogP contribution in [0.3, 0.4) is 0 Å². The molecule has 98 valence electrons. The highest BCUT2D eigenvalue weighted by molar-refractivity contribution is 6.20. The van der Waals surface area contributed by atoms with Crippen molar-refractivity contribution in [2.24, 2.45) is 0 Å². The Hall–Kier alpha value is -2.18. The lowest BCUT2D eigenvalue weighted by molar-refractivity contribution is -0.141. The summed E-state index contributed by atoms with van der Waals surface area (Å²) in [6, 6.07) is 0. The van der Waals surface area contributed by atoms with Crippen LogP contribution in [0.1, 0.15) is 19.3 Å². The molecular weight excluding hydrogens is 242 g/mol. The van der Waals surface area contributed by atoms with Gasteiger partial charge in [0.1, 0.15) is 0 Å². The molecule has 1 aliphatic heterocycles. The molecule has 0 aromatic heterocycles. The average molecular weight is 255 g/mol. The number of imide groups is 1. The molecule has 0 saturated heterocycles. The van der Waals surface area contributed by atoms with Crippen LogP contribution in [0.4, 0.5) is 0 Å². The number of amides is 2. The van der Waals surface area contributed by atoms with Crippen molar-refractivity contribution in [2.45, 2.75) is 19.3 Å². The number of esters is 2. The molecule has 1 heterocycles. The summed E-state index contributed by atoms with van der Waals surface area (Å²) in [5, 5.41) is 2.08. The van der Waals surface area contributed by atoms with Crippen LogP contribution in [0.5, 0.6) is 0 Å². The fourth-order valence-electron chi connectivity index (χ4n) is 1.53. The first-order valence-corrected chi connectivity index (χ1v) is 5.21. The first-order chi connectivity index (χ1) is 8.49. The quantitative estimate of drug-likeness (QED) is 0.523. The number of nitrogens with one attached hydrogen (secondary N) is 1. The van der Waals surface area contributed by atoms with Crippen molar-refractivity contribution < 1.29 is 28.7 Å². The predicted octanol–water partition coefficient (Wildman–Crippen LogP) is -0.544. The maximum absolute atomic E-state index is 11.5. The monoisotopic (exact) mass is 255 g/mol. The fourth-order valence-corrected chi connectivity index (χ4v) is 1.53. The first-order valence-electron chi connectivity index (χ1n) is 5.21. The van der Waals surface area contributed by atoms with Crippen LogP contribution in [-0.2, 0) is 28.7 Å². The van der Waals surface area contributed by atoms with E-state index < -0.39 is 23.8 Å². The molecule has 7 heteroatoms. The Morgan fingerprint density at radius 1 is 1.00 bits per heavy atom. The van der Waals surface area contributed by atoms with E-state index in [0.29, 0.717) is 0 Å². The molecule has 0 radical (unpaired) electrons. The van der Waals surface area contributed by atoms with Gasteiger partial charge in [-0.3, -0.25) is 24.5 Å². The minimum absolute atomic E-state index is 0.0305. The summed E-state index contributed by atoms with van der Waals surface area (Å²) in [6.45, 7) is 0. The van der Waals surface area contributed by atoms with Crippen LogP contribution in [-0.4, -0.2) is 38.0 Å². The molecule has 0 saturated carbocycles. The van der Waals surface area contributed by atoms with E-state index in [1.165, 1.54) is 14.2 Å². The maximum Gasteiger partial charge on any atom is 0.310 e. The van der Waals surface area contributed by atoms with Gasteiger partial charge in [-0.1, -0.05) is 0 Å². The highest BCUT2D eigenvalue weighted by Crippen LogP contribution is 2.21. The van der Waals surface area contributed by atoms with E-state index in [1.807, 2.05) is 0 Å². The third-order valence-electron chi connectivity index (χ3n) is 2.50. The van der Waals surface area contributed by atoms with Crippen molar-refractivity contribution >= 4 is 23.8 Å². The zero-order chi connectivity index (χ0) is 13.7. The number of methoxy groups -OCH3 is 2. The summed E-state index contributed by atoms with van der Waals surface area (Å²) in [4.78, 5) is 45.0. The van der Waals surface area contributed by atoms with Gasteiger partial charge in [-0.05, 0) is 6.42 Å². The fraction of sp³-hybridized carbons (Fsp3) is 0.455. The third kappa shape index (κ3) is 3.16. The van der Waals surface area contributed by atoms with Crippen molar-refractivity contribution in [3.63, 3.8) is 0 Å². The average Bonchev–Trinajstić information content (AvgIpc) is 2.61. The number of hydrogen-bond donors (Lipinski definition) is 1. The molecule has 1 aliphatic rings. The minimum Gasteiger partial charge on any atom is -0.469 e. The van der Waals surface area contributed by atoms with Gasteiger partial charge in [0.05, 0.1) is 20.6 Å². The second kappa shape index (κ2) is 5.95. The van der Waals surface area contributed by atoms with E-state index in [-0.39, 0.29) is 30.4 Å². The molecule has 1 N–H and O–H groups in total. The molecule has 0 aliphatic carbocycles. The molecule has 0 spiro atoms. The van der Waals surface area contributed by atoms with Crippen LogP contribution in [0.25, 0.3) is 0 Å². The Morgan fingerprint density at radius 3 is 2.11 bits per heavy atom. The Balaban J connectivity index is 2.84. The Kier molecular flexibility index (Phi) is 4.59. The van der Waals surface area contributed by atoms with Gasteiger partial charge in [0, 0.05) is 17.6 Å². The Bertz CT molecular complexity index is 437. The summed E-state index contributed by atoms with van der Waals surface area (Å²) < 4.78 is 8.87. The molecule has 0 atom stereocenters. The van der Waals surface area contributed by atoms with E-state index >= 15 is 0 Å². The Labute approximate surface area is 103 Å². The van der Waals surface area contributed by atoms with Crippen LogP contribution in [0.2, 0.25) is 0 Å². The van der Waals surface area contributed by atoms with Gasteiger partial charge in [0.25, 0.3) is 11.8 Å². The predicted molar refractivity (Wildman–Crippen MR) is 58.1 cm³/mol. The van der Waals surface area contributed by atoms with Gasteiger partial charge in [0.2, 0.25) is 0 Å². The van der Waals surface area contributed by atoms with Crippen LogP contribution in [0, 0.1) is 0 Å². The number of hydrogen-bond acceptors (Lipinski definition) is 6. The maximum atomic E-state index is 11.5. The van der Waals surface area contributed by atoms with Crippen molar-refractivity contribution in [1.82, 2.24) is 5.32 Å². The summed E-state index contributed by atoms with van der Waals surface area (Å²) in [5.74, 6) is -2.31. The number of ether oxygens (including phenoxy) is 2. The highest BCUT2D eigenvalue weighted by Gasteiger charge is 2.31. The minimum atomic E-state index is -0.620. The summed E-state index contributed by atoms with van der Waals surface area (Å²) in [6.07, 6.45) is -0.266. The van der Waals surface area contributed by atoms with Gasteiger partial charge in [-0.2, -0.15) is 0 Å². The van der Waals surface area contributed by atoms with Crippen molar-refractivity contribution in [3.8, 4) is 0 Å². The second-order valence-corrected chi connectivity index (χ2v) is 3.57. The number of carbonyl (C=O) groups is 4. The summed E-state index contributed by atoms with van der Waals surface area (Å²) in [5.41, 5.74) is 0.187. The number of carbonyl (C=O) groups excluding carboxylic acids is 4. The van der Waals surface area contributed by atoms with E-state index in [2.05, 4.69) is 14.8 Å². The number of rotatable bonds is 5. The van der Waals surface area contributed by atoms with Gasteiger partial charge in [-0.15, -0.1) is 0 Å². The van der Waals surface area contributed by atoms with Crippen molar-refractivity contribution in [3.05, 3.63) is 11.1 Å². The van der Waals surface area contributed by atoms with E-state index in [1.54, 1.807) is 0 Å². The standard InChI is InChI=1S/C11H13NO6/c1-17-8(13)4-3-6-7(5-9(14)18-2)11(16)12-10(6)15/h3-5H2,1-2H3,(H,12,15,16). The molecule has 0 fully saturated rings. The molecule has 18 heavy (non-hydrogen) atoms. The first kappa shape index (κ1) is 13.9. The van der Waals surface area contributed by atoms with Gasteiger partial charge >= 0.3 is 11.9 Å². The summed E-state index contributed by atoms with van der Waals surface area (Å²) in [7, 11) is 2.41. The third-order valence-corrected chi connectivity index (χ3v) is 2.50. The van der Waals surface area contributed by atoms with Gasteiger partial charge in [-0.25, -0.2) is 0 Å². The van der Waals surface area contributed by atoms with Gasteiger partial charge < -0.3 is 9.47 Å². The van der Waals surface area contributed by atoms with Crippen molar-refractivity contribution in [1.29, 1.82) is 0 Å². The topological polar surface area (TPSA) is 98.8 Å². The second-order valence-electron chi connectivity index (χ2n) is 3.57. The van der Waals surface area contributed by atoms with Crippen LogP contribution >= 0.6 is 0 Å². The van der Waals surface area contributed by atoms with Crippen LogP contribution in [0.15, 0.2) is 11.1 Å². The lowest BCUT2D eigenvalue weighted by atomic mass is 10.0. The zero-order valence-corrected chi connectivity index (χ0v) is 10.1. The molecule has 0 unspecified atom stereocenters. The van der Waals surface area contributed by atoms with E-state index in [4.69, 9.17) is 0 Å².